The van der Waals surface area contributed by atoms with E-state index in [1.807, 2.05) is 17.9 Å². The van der Waals surface area contributed by atoms with Crippen LogP contribution in [0.3, 0.4) is 0 Å². The number of phenolic OH excluding ortho intramolecular Hbond substituents is 1. The van der Waals surface area contributed by atoms with E-state index < -0.39 is 10.1 Å². The Kier molecular flexibility index (Phi) is 4.72. The number of rotatable bonds is 4. The molecule has 5 nitrogen and oxygen atoms in total. The van der Waals surface area contributed by atoms with Crippen molar-refractivity contribution in [2.45, 2.75) is 19.4 Å². The van der Waals surface area contributed by atoms with E-state index >= 15 is 0 Å². The largest absolute Gasteiger partial charge is 0.504 e. The molecule has 0 fully saturated rings. The summed E-state index contributed by atoms with van der Waals surface area (Å²) in [5.74, 6) is -0.427. The number of hydrogen-bond acceptors (Lipinski definition) is 4. The molecule has 0 saturated carbocycles. The van der Waals surface area contributed by atoms with Gasteiger partial charge in [-0.05, 0) is 19.4 Å². The minimum absolute atomic E-state index is 0.0562. The van der Waals surface area contributed by atoms with Crippen LogP contribution in [-0.2, 0) is 10.1 Å². The molecule has 1 aromatic carbocycles. The van der Waals surface area contributed by atoms with E-state index in [9.17, 15) is 13.5 Å². The lowest BCUT2D eigenvalue weighted by atomic mass is 10.0. The zero-order valence-corrected chi connectivity index (χ0v) is 13.6. The van der Waals surface area contributed by atoms with Crippen LogP contribution in [0.5, 0.6) is 5.75 Å². The summed E-state index contributed by atoms with van der Waals surface area (Å²) in [4.78, 5) is 1.81. The van der Waals surface area contributed by atoms with Crippen molar-refractivity contribution in [3.8, 4) is 5.75 Å². The highest BCUT2D eigenvalue weighted by molar-refractivity contribution is 7.85. The number of halogens is 2. The molecule has 116 valence electrons. The predicted molar refractivity (Wildman–Crippen MR) is 85.0 cm³/mol. The molecule has 0 aliphatic carbocycles. The highest BCUT2D eigenvalue weighted by Gasteiger charge is 2.26. The van der Waals surface area contributed by atoms with Gasteiger partial charge in [0.15, 0.2) is 5.75 Å². The number of aromatic hydroxyl groups is 1. The predicted octanol–water partition coefficient (Wildman–Crippen LogP) is 3.20. The van der Waals surface area contributed by atoms with Crippen molar-refractivity contribution in [2.75, 3.05) is 17.2 Å². The van der Waals surface area contributed by atoms with Crippen LogP contribution >= 0.6 is 23.2 Å². The summed E-state index contributed by atoms with van der Waals surface area (Å²) in [7, 11) is -4.01. The Hall–Kier alpha value is -0.950. The summed E-state index contributed by atoms with van der Waals surface area (Å²) in [6.07, 6.45) is 3.92. The third kappa shape index (κ3) is 3.63. The van der Waals surface area contributed by atoms with Crippen molar-refractivity contribution in [2.24, 2.45) is 0 Å². The Morgan fingerprint density at radius 2 is 2.00 bits per heavy atom. The Morgan fingerprint density at radius 3 is 2.62 bits per heavy atom. The van der Waals surface area contributed by atoms with Crippen LogP contribution in [0.2, 0.25) is 10.0 Å². The van der Waals surface area contributed by atoms with Gasteiger partial charge in [0.05, 0.1) is 21.5 Å². The van der Waals surface area contributed by atoms with Gasteiger partial charge in [0.1, 0.15) is 0 Å². The second kappa shape index (κ2) is 6.04. The zero-order valence-electron chi connectivity index (χ0n) is 11.3. The molecule has 0 aromatic heterocycles. The SMILES string of the molecule is CC1C=Cc2c(Cl)cc(Cl)c(O)c2N1CCCS(=O)(=O)O. The van der Waals surface area contributed by atoms with Crippen LogP contribution in [0.25, 0.3) is 6.08 Å². The zero-order chi connectivity index (χ0) is 15.8. The molecule has 1 aliphatic heterocycles. The van der Waals surface area contributed by atoms with Gasteiger partial charge in [0, 0.05) is 18.2 Å². The van der Waals surface area contributed by atoms with Crippen LogP contribution in [0.15, 0.2) is 12.1 Å². The van der Waals surface area contributed by atoms with Gasteiger partial charge in [-0.15, -0.1) is 0 Å². The van der Waals surface area contributed by atoms with Crippen molar-refractivity contribution in [3.05, 3.63) is 27.8 Å². The molecule has 1 aliphatic rings. The summed E-state index contributed by atoms with van der Waals surface area (Å²) in [6.45, 7) is 2.24. The molecule has 2 rings (SSSR count). The Balaban J connectivity index is 2.34. The molecule has 21 heavy (non-hydrogen) atoms. The van der Waals surface area contributed by atoms with Gasteiger partial charge < -0.3 is 10.0 Å². The lowest BCUT2D eigenvalue weighted by Crippen LogP contribution is -2.35. The first-order valence-corrected chi connectivity index (χ1v) is 8.68. The quantitative estimate of drug-likeness (QED) is 0.814. The van der Waals surface area contributed by atoms with E-state index in [-0.39, 0.29) is 29.0 Å². The van der Waals surface area contributed by atoms with Crippen LogP contribution in [-0.4, -0.2) is 36.4 Å². The van der Waals surface area contributed by atoms with E-state index in [4.69, 9.17) is 27.8 Å². The summed E-state index contributed by atoms with van der Waals surface area (Å²) in [6, 6.07) is 1.41. The summed E-state index contributed by atoms with van der Waals surface area (Å²) >= 11 is 12.1. The summed E-state index contributed by atoms with van der Waals surface area (Å²) in [5, 5.41) is 10.7. The van der Waals surface area contributed by atoms with Crippen molar-refractivity contribution in [3.63, 3.8) is 0 Å². The lowest BCUT2D eigenvalue weighted by Gasteiger charge is -2.34. The fourth-order valence-corrected chi connectivity index (χ4v) is 3.35. The third-order valence-electron chi connectivity index (χ3n) is 3.34. The maximum atomic E-state index is 10.8. The summed E-state index contributed by atoms with van der Waals surface area (Å²) < 4.78 is 30.4. The average molecular weight is 352 g/mol. The number of fused-ring (bicyclic) bond motifs is 1. The first kappa shape index (κ1) is 16.4. The monoisotopic (exact) mass is 351 g/mol. The third-order valence-corrected chi connectivity index (χ3v) is 4.74. The van der Waals surface area contributed by atoms with E-state index in [0.717, 1.165) is 0 Å². The minimum atomic E-state index is -4.01. The molecule has 1 atom stereocenters. The number of benzene rings is 1. The van der Waals surface area contributed by atoms with Crippen molar-refractivity contribution >= 4 is 45.1 Å². The molecule has 0 amide bonds. The van der Waals surface area contributed by atoms with Crippen molar-refractivity contribution < 1.29 is 18.1 Å². The number of hydrogen-bond donors (Lipinski definition) is 2. The van der Waals surface area contributed by atoms with E-state index in [0.29, 0.717) is 22.8 Å². The maximum Gasteiger partial charge on any atom is 0.264 e. The average Bonchev–Trinajstić information content (AvgIpc) is 2.36. The number of phenols is 1. The van der Waals surface area contributed by atoms with Crippen LogP contribution in [0.1, 0.15) is 18.9 Å². The molecule has 1 unspecified atom stereocenters. The topological polar surface area (TPSA) is 77.8 Å². The van der Waals surface area contributed by atoms with Gasteiger partial charge in [0.2, 0.25) is 0 Å². The van der Waals surface area contributed by atoms with Crippen LogP contribution in [0.4, 0.5) is 5.69 Å². The van der Waals surface area contributed by atoms with E-state index in [1.165, 1.54) is 6.07 Å². The standard InChI is InChI=1S/C13H15Cl2NO4S/c1-8-3-4-9-10(14)7-11(15)13(17)12(9)16(8)5-2-6-21(18,19)20/h3-4,7-8,17H,2,5-6H2,1H3,(H,18,19,20). The Morgan fingerprint density at radius 1 is 1.33 bits per heavy atom. The van der Waals surface area contributed by atoms with Crippen molar-refractivity contribution in [1.82, 2.24) is 0 Å². The fraction of sp³-hybridized carbons (Fsp3) is 0.385. The second-order valence-electron chi connectivity index (χ2n) is 4.88. The first-order valence-electron chi connectivity index (χ1n) is 6.31. The Bertz CT molecular complexity index is 688. The van der Waals surface area contributed by atoms with Gasteiger partial charge in [-0.1, -0.05) is 35.4 Å². The Labute approximate surface area is 133 Å². The van der Waals surface area contributed by atoms with E-state index in [1.54, 1.807) is 6.08 Å². The first-order chi connectivity index (χ1) is 9.70. The minimum Gasteiger partial charge on any atom is -0.504 e. The molecule has 1 aromatic rings. The normalized spacial score (nSPS) is 17.9. The highest BCUT2D eigenvalue weighted by Crippen LogP contribution is 2.45. The molecule has 2 N–H and O–H groups in total. The number of anilines is 1. The maximum absolute atomic E-state index is 10.8. The van der Waals surface area contributed by atoms with Gasteiger partial charge >= 0.3 is 0 Å². The lowest BCUT2D eigenvalue weighted by molar-refractivity contribution is 0.471. The van der Waals surface area contributed by atoms with E-state index in [2.05, 4.69) is 0 Å². The molecular formula is C13H15Cl2NO4S. The van der Waals surface area contributed by atoms with Gasteiger partial charge in [-0.2, -0.15) is 8.42 Å². The summed E-state index contributed by atoms with van der Waals surface area (Å²) in [5.41, 5.74) is 1.13. The number of nitrogens with zero attached hydrogens (tertiary/aromatic N) is 1. The molecular weight excluding hydrogens is 337 g/mol. The van der Waals surface area contributed by atoms with Gasteiger partial charge in [-0.3, -0.25) is 4.55 Å². The van der Waals surface area contributed by atoms with Crippen LogP contribution < -0.4 is 4.90 Å². The second-order valence-corrected chi connectivity index (χ2v) is 7.27. The van der Waals surface area contributed by atoms with Crippen LogP contribution in [0, 0.1) is 0 Å². The smallest absolute Gasteiger partial charge is 0.264 e. The fourth-order valence-electron chi connectivity index (χ4n) is 2.34. The molecule has 0 spiro atoms. The highest BCUT2D eigenvalue weighted by atomic mass is 35.5. The molecule has 1 heterocycles. The molecule has 8 heteroatoms. The van der Waals surface area contributed by atoms with Gasteiger partial charge in [0.25, 0.3) is 10.1 Å². The molecule has 0 bridgehead atoms. The van der Waals surface area contributed by atoms with Gasteiger partial charge in [-0.25, -0.2) is 0 Å². The molecule has 0 radical (unpaired) electrons. The van der Waals surface area contributed by atoms with Crippen molar-refractivity contribution in [1.29, 1.82) is 0 Å². The molecule has 0 saturated heterocycles.